The van der Waals surface area contributed by atoms with Crippen LogP contribution < -0.4 is 4.89 Å². The van der Waals surface area contributed by atoms with E-state index in [0.717, 1.165) is 39.2 Å². The van der Waals surface area contributed by atoms with Gasteiger partial charge in [-0.3, -0.25) is 14.2 Å². The van der Waals surface area contributed by atoms with Gasteiger partial charge in [0.25, 0.3) is 7.82 Å². The molecule has 9 heteroatoms. The first-order valence-electron chi connectivity index (χ1n) is 20.7. The van der Waals surface area contributed by atoms with Crippen molar-refractivity contribution in [3.63, 3.8) is 0 Å². The first kappa shape index (κ1) is 48.0. The average Bonchev–Trinajstić information content (AvgIpc) is 3.09. The molecule has 0 aromatic heterocycles. The van der Waals surface area contributed by atoms with Crippen LogP contribution in [0, 0.1) is 0 Å². The fourth-order valence-electron chi connectivity index (χ4n) is 6.13. The smallest absolute Gasteiger partial charge is 0.306 e. The van der Waals surface area contributed by atoms with E-state index in [9.17, 15) is 19.0 Å². The molecule has 0 fully saturated rings. The third-order valence-corrected chi connectivity index (χ3v) is 10.3. The van der Waals surface area contributed by atoms with Crippen molar-refractivity contribution in [1.82, 2.24) is 0 Å². The minimum atomic E-state index is -4.50. The van der Waals surface area contributed by atoms with Gasteiger partial charge < -0.3 is 23.4 Å². The van der Waals surface area contributed by atoms with Gasteiger partial charge in [0.05, 0.1) is 6.61 Å². The first-order chi connectivity index (χ1) is 23.8. The SMILES string of the molecule is CCCCCCCCCCCCCCCCCC(=O)OCC(COP(=O)([O-])OC)OC(=O)CCCCCCCCCCCCCCCCC. The molecule has 0 aromatic rings. The second-order valence-corrected chi connectivity index (χ2v) is 15.6. The first-order valence-corrected chi connectivity index (χ1v) is 22.2. The molecule has 0 amide bonds. The van der Waals surface area contributed by atoms with E-state index in [1.54, 1.807) is 0 Å². The van der Waals surface area contributed by atoms with E-state index in [1.807, 2.05) is 0 Å². The van der Waals surface area contributed by atoms with E-state index in [4.69, 9.17) is 14.0 Å². The number of hydrogen-bond acceptors (Lipinski definition) is 8. The summed E-state index contributed by atoms with van der Waals surface area (Å²) in [5.41, 5.74) is 0. The van der Waals surface area contributed by atoms with Crippen LogP contribution in [0.15, 0.2) is 0 Å². The average molecular weight is 718 g/mol. The molecule has 49 heavy (non-hydrogen) atoms. The van der Waals surface area contributed by atoms with Crippen molar-refractivity contribution in [3.05, 3.63) is 0 Å². The largest absolute Gasteiger partial charge is 0.756 e. The van der Waals surface area contributed by atoms with Crippen LogP contribution in [0.3, 0.4) is 0 Å². The number of carbonyl (C=O) groups excluding carboxylic acids is 2. The molecular weight excluding hydrogens is 639 g/mol. The predicted octanol–water partition coefficient (Wildman–Crippen LogP) is 12.1. The summed E-state index contributed by atoms with van der Waals surface area (Å²) in [4.78, 5) is 36.4. The van der Waals surface area contributed by atoms with Crippen molar-refractivity contribution in [2.45, 2.75) is 225 Å². The molecule has 2 unspecified atom stereocenters. The maximum absolute atomic E-state index is 12.5. The molecule has 0 heterocycles. The highest BCUT2D eigenvalue weighted by Crippen LogP contribution is 2.37. The van der Waals surface area contributed by atoms with Crippen molar-refractivity contribution in [1.29, 1.82) is 0 Å². The Morgan fingerprint density at radius 1 is 0.490 bits per heavy atom. The van der Waals surface area contributed by atoms with Gasteiger partial charge in [0.15, 0.2) is 6.10 Å². The number of unbranched alkanes of at least 4 members (excludes halogenated alkanes) is 28. The molecule has 8 nitrogen and oxygen atoms in total. The number of phosphoric ester groups is 1. The van der Waals surface area contributed by atoms with E-state index in [0.29, 0.717) is 6.42 Å². The maximum atomic E-state index is 12.5. The Balaban J connectivity index is 3.97. The van der Waals surface area contributed by atoms with Crippen LogP contribution in [-0.2, 0) is 32.7 Å². The van der Waals surface area contributed by atoms with E-state index < -0.39 is 26.5 Å². The lowest BCUT2D eigenvalue weighted by molar-refractivity contribution is -0.226. The Bertz CT molecular complexity index is 777. The van der Waals surface area contributed by atoms with Crippen molar-refractivity contribution < 1.29 is 37.6 Å². The third kappa shape index (κ3) is 36.6. The van der Waals surface area contributed by atoms with E-state index >= 15 is 0 Å². The highest BCUT2D eigenvalue weighted by molar-refractivity contribution is 7.45. The molecule has 0 aromatic carbocycles. The quantitative estimate of drug-likeness (QED) is 0.0351. The minimum Gasteiger partial charge on any atom is -0.756 e. The molecule has 0 saturated heterocycles. The van der Waals surface area contributed by atoms with Crippen LogP contribution in [0.1, 0.15) is 219 Å². The lowest BCUT2D eigenvalue weighted by atomic mass is 10.0. The molecule has 0 saturated carbocycles. The number of rotatable bonds is 39. The van der Waals surface area contributed by atoms with Crippen LogP contribution in [-0.4, -0.2) is 38.4 Å². The number of hydrogen-bond donors (Lipinski definition) is 0. The lowest BCUT2D eigenvalue weighted by Gasteiger charge is -2.24. The molecular formula is C40H78O8P-. The molecule has 0 aliphatic rings. The zero-order valence-electron chi connectivity index (χ0n) is 32.3. The molecule has 0 N–H and O–H groups in total. The molecule has 0 spiro atoms. The number of esters is 2. The second kappa shape index (κ2) is 36.8. The van der Waals surface area contributed by atoms with Gasteiger partial charge in [-0.15, -0.1) is 0 Å². The van der Waals surface area contributed by atoms with Crippen molar-refractivity contribution in [2.75, 3.05) is 20.3 Å². The zero-order chi connectivity index (χ0) is 36.1. The summed E-state index contributed by atoms with van der Waals surface area (Å²) in [5.74, 6) is -0.824. The van der Waals surface area contributed by atoms with Gasteiger partial charge in [0, 0.05) is 20.0 Å². The van der Waals surface area contributed by atoms with Gasteiger partial charge in [-0.25, -0.2) is 0 Å². The van der Waals surface area contributed by atoms with Crippen LogP contribution in [0.25, 0.3) is 0 Å². The van der Waals surface area contributed by atoms with Crippen LogP contribution in [0.4, 0.5) is 0 Å². The fraction of sp³-hybridized carbons (Fsp3) is 0.950. The summed E-state index contributed by atoms with van der Waals surface area (Å²) in [6.45, 7) is 3.82. The summed E-state index contributed by atoms with van der Waals surface area (Å²) >= 11 is 0. The monoisotopic (exact) mass is 718 g/mol. The van der Waals surface area contributed by atoms with Crippen molar-refractivity contribution >= 4 is 19.8 Å². The van der Waals surface area contributed by atoms with Gasteiger partial charge >= 0.3 is 11.9 Å². The van der Waals surface area contributed by atoms with Gasteiger partial charge in [-0.2, -0.15) is 0 Å². The Morgan fingerprint density at radius 3 is 1.12 bits per heavy atom. The van der Waals surface area contributed by atoms with Crippen molar-refractivity contribution in [2.24, 2.45) is 0 Å². The molecule has 0 aliphatic carbocycles. The summed E-state index contributed by atoms with van der Waals surface area (Å²) in [5, 5.41) is 0. The molecule has 0 bridgehead atoms. The lowest BCUT2D eigenvalue weighted by Crippen LogP contribution is -2.30. The molecule has 0 radical (unpaired) electrons. The maximum Gasteiger partial charge on any atom is 0.306 e. The Morgan fingerprint density at radius 2 is 0.796 bits per heavy atom. The molecule has 0 rings (SSSR count). The van der Waals surface area contributed by atoms with Crippen molar-refractivity contribution in [3.8, 4) is 0 Å². The Labute approximate surface area is 302 Å². The van der Waals surface area contributed by atoms with E-state index in [-0.39, 0.29) is 25.4 Å². The Kier molecular flexibility index (Phi) is 36.1. The van der Waals surface area contributed by atoms with Gasteiger partial charge in [-0.1, -0.05) is 194 Å². The summed E-state index contributed by atoms with van der Waals surface area (Å²) < 4.78 is 31.6. The second-order valence-electron chi connectivity index (χ2n) is 14.1. The van der Waals surface area contributed by atoms with Crippen LogP contribution >= 0.6 is 7.82 Å². The van der Waals surface area contributed by atoms with Gasteiger partial charge in [-0.05, 0) is 12.8 Å². The fourth-order valence-corrected chi connectivity index (χ4v) is 6.58. The molecule has 0 aliphatic heterocycles. The Hall–Kier alpha value is -0.950. The van der Waals surface area contributed by atoms with Crippen LogP contribution in [0.5, 0.6) is 0 Å². The number of ether oxygens (including phenoxy) is 2. The molecule has 292 valence electrons. The van der Waals surface area contributed by atoms with E-state index in [2.05, 4.69) is 18.4 Å². The molecule has 2 atom stereocenters. The van der Waals surface area contributed by atoms with Gasteiger partial charge in [0.2, 0.25) is 0 Å². The summed E-state index contributed by atoms with van der Waals surface area (Å²) in [7, 11) is -3.50. The topological polar surface area (TPSA) is 111 Å². The van der Waals surface area contributed by atoms with Gasteiger partial charge in [0.1, 0.15) is 6.61 Å². The standard InChI is InChI=1S/C40H79O8P/c1-4-6-8-10-12-14-16-18-20-22-24-26-28-30-32-34-39(41)46-36-38(37-47-49(43,44)45-3)48-40(42)35-33-31-29-27-25-23-21-19-17-15-13-11-9-7-5-2/h38H,4-37H2,1-3H3,(H,43,44)/p-1. The number of carbonyl (C=O) groups is 2. The normalized spacial score (nSPS) is 13.3. The van der Waals surface area contributed by atoms with Crippen LogP contribution in [0.2, 0.25) is 0 Å². The predicted molar refractivity (Wildman–Crippen MR) is 200 cm³/mol. The highest BCUT2D eigenvalue weighted by atomic mass is 31.2. The van der Waals surface area contributed by atoms with E-state index in [1.165, 1.54) is 154 Å². The zero-order valence-corrected chi connectivity index (χ0v) is 33.2. The third-order valence-electron chi connectivity index (χ3n) is 9.34. The number of phosphoric acid groups is 1. The summed E-state index contributed by atoms with van der Waals surface area (Å²) in [6.07, 6.45) is 37.0. The minimum absolute atomic E-state index is 0.237. The summed E-state index contributed by atoms with van der Waals surface area (Å²) in [6, 6.07) is 0. The highest BCUT2D eigenvalue weighted by Gasteiger charge is 2.20.